The van der Waals surface area contributed by atoms with Crippen molar-refractivity contribution in [2.24, 2.45) is 0 Å². The zero-order valence-corrected chi connectivity index (χ0v) is 28.6. The van der Waals surface area contributed by atoms with Crippen molar-refractivity contribution in [2.45, 2.75) is 45.1 Å². The summed E-state index contributed by atoms with van der Waals surface area (Å²) in [6.45, 7) is 4.85. The molecule has 48 heavy (non-hydrogen) atoms. The Morgan fingerprint density at radius 2 is 1.31 bits per heavy atom. The maximum atomic E-state index is 12.7. The standard InChI is InChI=1S/C20H18ClF3N6.C12H10BrClN4/c1-12(13-2-4-17(25-8-13)20(22,23)24)29-19-15-10-30(7-6-16(15)27-11-28-19)18-5-3-14(21)9-26-18;13-12-9-6-18(4-3-10(9)16-7-17-12)11-2-1-8(14)5-15-11/h2-5,8-9,11-12H,6-7,10H2,1H3,(H,27,28,29);1-2,5,7H,3-4,6H2/t12-;/m0./s1. The molecule has 0 spiro atoms. The molecule has 2 aliphatic rings. The summed E-state index contributed by atoms with van der Waals surface area (Å²) in [5.41, 5.74) is 3.84. The van der Waals surface area contributed by atoms with E-state index in [1.165, 1.54) is 18.6 Å². The van der Waals surface area contributed by atoms with Crippen LogP contribution in [0.25, 0.3) is 0 Å². The smallest absolute Gasteiger partial charge is 0.363 e. The quantitative estimate of drug-likeness (QED) is 0.181. The zero-order valence-electron chi connectivity index (χ0n) is 25.5. The van der Waals surface area contributed by atoms with Gasteiger partial charge in [-0.05, 0) is 58.7 Å². The number of fused-ring (bicyclic) bond motifs is 2. The Hall–Kier alpha value is -4.14. The summed E-state index contributed by atoms with van der Waals surface area (Å²) in [6, 6.07) is 9.56. The molecule has 0 aliphatic carbocycles. The number of nitrogens with zero attached hydrogens (tertiary/aromatic N) is 9. The fourth-order valence-electron chi connectivity index (χ4n) is 5.39. The van der Waals surface area contributed by atoms with Crippen LogP contribution in [0.3, 0.4) is 0 Å². The van der Waals surface area contributed by atoms with Crippen molar-refractivity contribution in [2.75, 3.05) is 28.2 Å². The first-order chi connectivity index (χ1) is 23.0. The molecular weight excluding hydrogens is 732 g/mol. The average molecular weight is 760 g/mol. The molecule has 0 radical (unpaired) electrons. The van der Waals surface area contributed by atoms with E-state index in [9.17, 15) is 13.2 Å². The Bertz CT molecular complexity index is 1860. The first-order valence-corrected chi connectivity index (χ1v) is 16.4. The molecule has 5 aromatic heterocycles. The molecule has 5 aromatic rings. The topological polar surface area (TPSA) is 109 Å². The van der Waals surface area contributed by atoms with E-state index in [0.29, 0.717) is 28.0 Å². The van der Waals surface area contributed by atoms with E-state index in [2.05, 4.69) is 65.9 Å². The summed E-state index contributed by atoms with van der Waals surface area (Å²) < 4.78 is 39.1. The van der Waals surface area contributed by atoms with E-state index in [-0.39, 0.29) is 6.04 Å². The Labute approximate surface area is 293 Å². The molecule has 0 amide bonds. The van der Waals surface area contributed by atoms with Gasteiger partial charge in [-0.25, -0.2) is 29.9 Å². The number of hydrogen-bond acceptors (Lipinski definition) is 10. The van der Waals surface area contributed by atoms with E-state index in [1.807, 2.05) is 25.1 Å². The number of rotatable bonds is 5. The van der Waals surface area contributed by atoms with E-state index in [0.717, 1.165) is 77.3 Å². The van der Waals surface area contributed by atoms with Gasteiger partial charge in [0.05, 0.1) is 27.5 Å². The normalized spacial score (nSPS) is 14.7. The minimum atomic E-state index is -4.46. The van der Waals surface area contributed by atoms with Crippen LogP contribution in [0.2, 0.25) is 10.0 Å². The first kappa shape index (κ1) is 33.7. The maximum absolute atomic E-state index is 12.7. The molecule has 0 aromatic carbocycles. The third-order valence-electron chi connectivity index (χ3n) is 7.95. The van der Waals surface area contributed by atoms with Crippen LogP contribution >= 0.6 is 39.1 Å². The van der Waals surface area contributed by atoms with E-state index < -0.39 is 11.9 Å². The lowest BCUT2D eigenvalue weighted by molar-refractivity contribution is -0.141. The van der Waals surface area contributed by atoms with Crippen LogP contribution in [0.15, 0.2) is 72.2 Å². The molecule has 2 aliphatic heterocycles. The van der Waals surface area contributed by atoms with Gasteiger partial charge in [-0.15, -0.1) is 0 Å². The van der Waals surface area contributed by atoms with Gasteiger partial charge in [0.15, 0.2) is 0 Å². The summed E-state index contributed by atoms with van der Waals surface area (Å²) in [6.07, 6.45) is 4.77. The van der Waals surface area contributed by atoms with Crippen LogP contribution in [-0.4, -0.2) is 48.0 Å². The van der Waals surface area contributed by atoms with Crippen molar-refractivity contribution in [1.29, 1.82) is 0 Å². The zero-order chi connectivity index (χ0) is 33.8. The molecule has 0 fully saturated rings. The SMILES string of the molecule is C[C@H](Nc1ncnc2c1CN(c1ccc(Cl)cn1)CC2)c1ccc(C(F)(F)F)nc1.Clc1ccc(N2CCc3ncnc(Br)c3C2)nc1. The number of pyridine rings is 3. The lowest BCUT2D eigenvalue weighted by atomic mass is 10.0. The van der Waals surface area contributed by atoms with Crippen LogP contribution in [-0.2, 0) is 32.1 Å². The van der Waals surface area contributed by atoms with Crippen molar-refractivity contribution < 1.29 is 13.2 Å². The van der Waals surface area contributed by atoms with Gasteiger partial charge >= 0.3 is 6.18 Å². The number of aromatic nitrogens is 7. The van der Waals surface area contributed by atoms with Crippen molar-refractivity contribution in [3.05, 3.63) is 116 Å². The lowest BCUT2D eigenvalue weighted by Crippen LogP contribution is -2.32. The molecule has 1 atom stereocenters. The Kier molecular flexibility index (Phi) is 10.2. The molecule has 0 unspecified atom stereocenters. The van der Waals surface area contributed by atoms with Crippen molar-refractivity contribution in [1.82, 2.24) is 34.9 Å². The molecule has 10 nitrogen and oxygen atoms in total. The molecule has 16 heteroatoms. The first-order valence-electron chi connectivity index (χ1n) is 14.9. The second kappa shape index (κ2) is 14.5. The predicted octanol–water partition coefficient (Wildman–Crippen LogP) is 7.52. The highest BCUT2D eigenvalue weighted by Gasteiger charge is 2.32. The van der Waals surface area contributed by atoms with Gasteiger partial charge < -0.3 is 15.1 Å². The number of nitrogens with one attached hydrogen (secondary N) is 1. The van der Waals surface area contributed by atoms with Crippen LogP contribution < -0.4 is 15.1 Å². The highest BCUT2D eigenvalue weighted by Crippen LogP contribution is 2.31. The second-order valence-corrected chi connectivity index (χ2v) is 12.7. The predicted molar refractivity (Wildman–Crippen MR) is 181 cm³/mol. The molecule has 0 bridgehead atoms. The molecule has 0 saturated carbocycles. The number of alkyl halides is 3. The van der Waals surface area contributed by atoms with Crippen molar-refractivity contribution in [3.8, 4) is 0 Å². The molecule has 0 saturated heterocycles. The third kappa shape index (κ3) is 7.93. The third-order valence-corrected chi connectivity index (χ3v) is 9.08. The van der Waals surface area contributed by atoms with E-state index >= 15 is 0 Å². The highest BCUT2D eigenvalue weighted by atomic mass is 79.9. The van der Waals surface area contributed by atoms with Crippen molar-refractivity contribution >= 4 is 56.6 Å². The minimum absolute atomic E-state index is 0.289. The molecule has 248 valence electrons. The minimum Gasteiger partial charge on any atom is -0.363 e. The molecule has 1 N–H and O–H groups in total. The Morgan fingerprint density at radius 3 is 1.85 bits per heavy atom. The largest absolute Gasteiger partial charge is 0.433 e. The number of halogens is 6. The highest BCUT2D eigenvalue weighted by molar-refractivity contribution is 9.10. The second-order valence-electron chi connectivity index (χ2n) is 11.1. The maximum Gasteiger partial charge on any atom is 0.433 e. The van der Waals surface area contributed by atoms with Crippen LogP contribution in [0.1, 0.15) is 46.7 Å². The van der Waals surface area contributed by atoms with Gasteiger partial charge in [0.1, 0.15) is 40.4 Å². The fraction of sp³-hybridized carbons (Fsp3) is 0.281. The monoisotopic (exact) mass is 758 g/mol. The molecular formula is C32H28BrCl2F3N10. The van der Waals surface area contributed by atoms with Gasteiger partial charge in [-0.3, -0.25) is 4.98 Å². The van der Waals surface area contributed by atoms with E-state index in [1.54, 1.807) is 24.8 Å². The average Bonchev–Trinajstić information content (AvgIpc) is 3.09. The van der Waals surface area contributed by atoms with Gasteiger partial charge in [0, 0.05) is 68.7 Å². The summed E-state index contributed by atoms with van der Waals surface area (Å²) in [5, 5.41) is 4.51. The van der Waals surface area contributed by atoms with Gasteiger partial charge in [0.2, 0.25) is 0 Å². The van der Waals surface area contributed by atoms with Gasteiger partial charge in [0.25, 0.3) is 0 Å². The van der Waals surface area contributed by atoms with Gasteiger partial charge in [-0.1, -0.05) is 29.3 Å². The Morgan fingerprint density at radius 1 is 0.729 bits per heavy atom. The van der Waals surface area contributed by atoms with Crippen LogP contribution in [0.5, 0.6) is 0 Å². The number of anilines is 3. The van der Waals surface area contributed by atoms with Crippen molar-refractivity contribution in [3.63, 3.8) is 0 Å². The summed E-state index contributed by atoms with van der Waals surface area (Å²) in [5.74, 6) is 2.38. The van der Waals surface area contributed by atoms with Crippen LogP contribution in [0.4, 0.5) is 30.6 Å². The fourth-order valence-corrected chi connectivity index (χ4v) is 6.06. The summed E-state index contributed by atoms with van der Waals surface area (Å²) in [7, 11) is 0. The number of hydrogen-bond donors (Lipinski definition) is 1. The molecule has 7 rings (SSSR count). The lowest BCUT2D eigenvalue weighted by Gasteiger charge is -2.30. The van der Waals surface area contributed by atoms with Crippen LogP contribution in [0, 0.1) is 0 Å². The Balaban J connectivity index is 0.000000189. The summed E-state index contributed by atoms with van der Waals surface area (Å²) >= 11 is 15.3. The van der Waals surface area contributed by atoms with Gasteiger partial charge in [-0.2, -0.15) is 13.2 Å². The van der Waals surface area contributed by atoms with E-state index in [4.69, 9.17) is 23.2 Å². The molecule has 7 heterocycles. The summed E-state index contributed by atoms with van der Waals surface area (Å²) in [4.78, 5) is 33.8.